The van der Waals surface area contributed by atoms with Gasteiger partial charge in [-0.2, -0.15) is 0 Å². The number of aromatic nitrogens is 2. The summed E-state index contributed by atoms with van der Waals surface area (Å²) in [5.41, 5.74) is 0. The molecule has 10 heteroatoms. The first-order valence-corrected chi connectivity index (χ1v) is 10.7. The zero-order chi connectivity index (χ0) is 18.2. The third-order valence-corrected chi connectivity index (χ3v) is 6.33. The minimum Gasteiger partial charge on any atom is -0.455 e. The first kappa shape index (κ1) is 19.4. The van der Waals surface area contributed by atoms with Gasteiger partial charge in [-0.05, 0) is 12.8 Å². The van der Waals surface area contributed by atoms with Gasteiger partial charge in [0.15, 0.2) is 10.9 Å². The van der Waals surface area contributed by atoms with Gasteiger partial charge in [0.25, 0.3) is 5.91 Å². The summed E-state index contributed by atoms with van der Waals surface area (Å²) in [7, 11) is 0. The SMILES string of the molecule is O=C(CSc1nnc(NC2CCCCC2)s1)OCC(=O)N1CCOCC1. The Kier molecular flexibility index (Phi) is 7.51. The molecule has 2 heterocycles. The van der Waals surface area contributed by atoms with Crippen LogP contribution in [0.4, 0.5) is 5.13 Å². The van der Waals surface area contributed by atoms with E-state index in [2.05, 4.69) is 15.5 Å². The highest BCUT2D eigenvalue weighted by Gasteiger charge is 2.19. The smallest absolute Gasteiger partial charge is 0.316 e. The number of hydrogen-bond donors (Lipinski definition) is 1. The number of carbonyl (C=O) groups excluding carboxylic acids is 2. The summed E-state index contributed by atoms with van der Waals surface area (Å²) >= 11 is 2.73. The second-order valence-corrected chi connectivity index (χ2v) is 8.49. The highest BCUT2D eigenvalue weighted by atomic mass is 32.2. The van der Waals surface area contributed by atoms with Gasteiger partial charge in [-0.15, -0.1) is 10.2 Å². The zero-order valence-corrected chi connectivity index (χ0v) is 16.3. The van der Waals surface area contributed by atoms with E-state index in [0.29, 0.717) is 32.3 Å². The molecule has 0 aromatic carbocycles. The fourth-order valence-electron chi connectivity index (χ4n) is 2.96. The van der Waals surface area contributed by atoms with Crippen LogP contribution in [-0.4, -0.2) is 71.7 Å². The molecule has 144 valence electrons. The van der Waals surface area contributed by atoms with Crippen LogP contribution in [0.25, 0.3) is 0 Å². The van der Waals surface area contributed by atoms with E-state index >= 15 is 0 Å². The van der Waals surface area contributed by atoms with Gasteiger partial charge in [0.05, 0.1) is 19.0 Å². The molecule has 1 aromatic heterocycles. The number of rotatable bonds is 7. The quantitative estimate of drug-likeness (QED) is 0.547. The molecule has 1 aromatic rings. The maximum Gasteiger partial charge on any atom is 0.316 e. The summed E-state index contributed by atoms with van der Waals surface area (Å²) in [6.07, 6.45) is 6.17. The molecule has 1 saturated heterocycles. The Bertz CT molecular complexity index is 601. The summed E-state index contributed by atoms with van der Waals surface area (Å²) in [6, 6.07) is 0.478. The Balaban J connectivity index is 1.34. The van der Waals surface area contributed by atoms with Crippen LogP contribution in [0.2, 0.25) is 0 Å². The molecular formula is C16H24N4O4S2. The number of carbonyl (C=O) groups is 2. The summed E-state index contributed by atoms with van der Waals surface area (Å²) in [6.45, 7) is 1.94. The minimum absolute atomic E-state index is 0.119. The average molecular weight is 401 g/mol. The van der Waals surface area contributed by atoms with Crippen molar-refractivity contribution in [1.29, 1.82) is 0 Å². The minimum atomic E-state index is -0.423. The summed E-state index contributed by atoms with van der Waals surface area (Å²) in [5, 5.41) is 12.5. The molecule has 3 rings (SSSR count). The normalized spacial score (nSPS) is 18.5. The lowest BCUT2D eigenvalue weighted by Crippen LogP contribution is -2.42. The van der Waals surface area contributed by atoms with Gasteiger partial charge < -0.3 is 19.7 Å². The van der Waals surface area contributed by atoms with Gasteiger partial charge in [-0.25, -0.2) is 0 Å². The van der Waals surface area contributed by atoms with Crippen molar-refractivity contribution in [3.05, 3.63) is 0 Å². The number of hydrogen-bond acceptors (Lipinski definition) is 9. The molecule has 1 amide bonds. The first-order chi connectivity index (χ1) is 12.7. The van der Waals surface area contributed by atoms with Crippen molar-refractivity contribution in [2.75, 3.05) is 44.0 Å². The molecule has 0 unspecified atom stereocenters. The number of ether oxygens (including phenoxy) is 2. The highest BCUT2D eigenvalue weighted by molar-refractivity contribution is 8.01. The maximum atomic E-state index is 11.9. The molecule has 0 bridgehead atoms. The Labute approximate surface area is 161 Å². The van der Waals surface area contributed by atoms with E-state index < -0.39 is 5.97 Å². The number of esters is 1. The van der Waals surface area contributed by atoms with E-state index in [1.807, 2.05) is 0 Å². The van der Waals surface area contributed by atoms with E-state index in [0.717, 1.165) is 9.47 Å². The zero-order valence-electron chi connectivity index (χ0n) is 14.6. The van der Waals surface area contributed by atoms with Gasteiger partial charge >= 0.3 is 5.97 Å². The van der Waals surface area contributed by atoms with Crippen LogP contribution in [0.15, 0.2) is 4.34 Å². The molecule has 2 aliphatic rings. The van der Waals surface area contributed by atoms with Crippen LogP contribution < -0.4 is 5.32 Å². The van der Waals surface area contributed by atoms with Crippen molar-refractivity contribution < 1.29 is 19.1 Å². The number of amides is 1. The van der Waals surface area contributed by atoms with E-state index in [-0.39, 0.29) is 18.3 Å². The van der Waals surface area contributed by atoms with E-state index in [4.69, 9.17) is 9.47 Å². The van der Waals surface area contributed by atoms with Crippen molar-refractivity contribution in [2.45, 2.75) is 42.5 Å². The summed E-state index contributed by atoms with van der Waals surface area (Å²) in [5.74, 6) is -0.482. The van der Waals surface area contributed by atoms with E-state index in [9.17, 15) is 9.59 Å². The Morgan fingerprint density at radius 2 is 2.00 bits per heavy atom. The van der Waals surface area contributed by atoms with Gasteiger partial charge in [0, 0.05) is 19.1 Å². The van der Waals surface area contributed by atoms with E-state index in [1.54, 1.807) is 4.90 Å². The summed E-state index contributed by atoms with van der Waals surface area (Å²) < 4.78 is 11.0. The lowest BCUT2D eigenvalue weighted by Gasteiger charge is -2.26. The molecule has 2 fully saturated rings. The highest BCUT2D eigenvalue weighted by Crippen LogP contribution is 2.28. The van der Waals surface area contributed by atoms with Crippen molar-refractivity contribution >= 4 is 40.1 Å². The molecule has 0 spiro atoms. The van der Waals surface area contributed by atoms with Crippen molar-refractivity contribution in [2.24, 2.45) is 0 Å². The number of nitrogens with one attached hydrogen (secondary N) is 1. The predicted octanol–water partition coefficient (Wildman–Crippen LogP) is 1.78. The number of nitrogens with zero attached hydrogens (tertiary/aromatic N) is 3. The van der Waals surface area contributed by atoms with Crippen LogP contribution in [0, 0.1) is 0 Å². The molecule has 26 heavy (non-hydrogen) atoms. The van der Waals surface area contributed by atoms with Gasteiger partial charge in [-0.1, -0.05) is 42.4 Å². The average Bonchev–Trinajstić information content (AvgIpc) is 3.13. The number of morpholine rings is 1. The Morgan fingerprint density at radius 3 is 2.77 bits per heavy atom. The maximum absolute atomic E-state index is 11.9. The Hall–Kier alpha value is -1.39. The van der Waals surface area contributed by atoms with Gasteiger partial charge in [-0.3, -0.25) is 9.59 Å². The van der Waals surface area contributed by atoms with Gasteiger partial charge in [0.1, 0.15) is 0 Å². The van der Waals surface area contributed by atoms with Crippen molar-refractivity contribution in [3.8, 4) is 0 Å². The second-order valence-electron chi connectivity index (χ2n) is 6.29. The third-order valence-electron chi connectivity index (χ3n) is 4.37. The topological polar surface area (TPSA) is 93.7 Å². The molecule has 8 nitrogen and oxygen atoms in total. The lowest BCUT2D eigenvalue weighted by atomic mass is 9.96. The fourth-order valence-corrected chi connectivity index (χ4v) is 4.58. The molecule has 1 aliphatic heterocycles. The predicted molar refractivity (Wildman–Crippen MR) is 99.5 cm³/mol. The lowest BCUT2D eigenvalue weighted by molar-refractivity contribution is -0.151. The van der Waals surface area contributed by atoms with E-state index in [1.165, 1.54) is 55.2 Å². The number of anilines is 1. The first-order valence-electron chi connectivity index (χ1n) is 8.94. The molecule has 1 aliphatic carbocycles. The van der Waals surface area contributed by atoms with Crippen molar-refractivity contribution in [1.82, 2.24) is 15.1 Å². The monoisotopic (exact) mass is 400 g/mol. The van der Waals surface area contributed by atoms with Crippen molar-refractivity contribution in [3.63, 3.8) is 0 Å². The van der Waals surface area contributed by atoms with Crippen LogP contribution >= 0.6 is 23.1 Å². The van der Waals surface area contributed by atoms with Crippen LogP contribution in [-0.2, 0) is 19.1 Å². The van der Waals surface area contributed by atoms with Gasteiger partial charge in [0.2, 0.25) is 5.13 Å². The molecule has 1 N–H and O–H groups in total. The largest absolute Gasteiger partial charge is 0.455 e. The number of thioether (sulfide) groups is 1. The molecule has 0 radical (unpaired) electrons. The standard InChI is InChI=1S/C16H24N4O4S2/c21-13(20-6-8-23-9-7-20)10-24-14(22)11-25-16-19-18-15(26-16)17-12-4-2-1-3-5-12/h12H,1-11H2,(H,17,18). The van der Waals surface area contributed by atoms with Crippen LogP contribution in [0.3, 0.4) is 0 Å². The Morgan fingerprint density at radius 1 is 1.23 bits per heavy atom. The second kappa shape index (κ2) is 10.1. The van der Waals surface area contributed by atoms with Crippen LogP contribution in [0.1, 0.15) is 32.1 Å². The third kappa shape index (κ3) is 6.10. The molecule has 0 atom stereocenters. The summed E-state index contributed by atoms with van der Waals surface area (Å²) in [4.78, 5) is 25.4. The fraction of sp³-hybridized carbons (Fsp3) is 0.750. The molecule has 1 saturated carbocycles. The molecular weight excluding hydrogens is 376 g/mol. The van der Waals surface area contributed by atoms with Crippen LogP contribution in [0.5, 0.6) is 0 Å².